The molecule has 8 nitrogen and oxygen atoms in total. The van der Waals surface area contributed by atoms with Gasteiger partial charge in [-0.3, -0.25) is 4.98 Å². The smallest absolute Gasteiger partial charge is 0.343 e. The third kappa shape index (κ3) is 6.58. The van der Waals surface area contributed by atoms with Crippen molar-refractivity contribution in [1.29, 1.82) is 0 Å². The molecule has 0 aliphatic rings. The molecule has 8 heteroatoms. The molecule has 0 saturated heterocycles. The van der Waals surface area contributed by atoms with Gasteiger partial charge in [0.2, 0.25) is 5.82 Å². The largest absolute Gasteiger partial charge is 0.488 e. The number of aromatic nitrogens is 5. The summed E-state index contributed by atoms with van der Waals surface area (Å²) in [6.45, 7) is 4.14. The lowest BCUT2D eigenvalue weighted by atomic mass is 9.77. The summed E-state index contributed by atoms with van der Waals surface area (Å²) >= 11 is 0. The standard InChI is InChI=1S/C44H39N5O3/c1-4-17-39-41(43(50)51-3)40(28-31(2)45-39)52-30-32-26-27-37(33-18-9-5-10-19-33)38(29-32)42-46-48-49(47-42)44(34-20-11-6-12-21-34,35-22-13-7-14-23-35)36-24-15-8-16-25-36/h5-16,18-29H,4,17,30H2,1-3H3. The lowest BCUT2D eigenvalue weighted by molar-refractivity contribution is 0.0593. The summed E-state index contributed by atoms with van der Waals surface area (Å²) in [6, 6.07) is 48.9. The molecule has 7 aromatic rings. The second-order valence-corrected chi connectivity index (χ2v) is 12.6. The van der Waals surface area contributed by atoms with E-state index >= 15 is 0 Å². The number of hydrogen-bond acceptors (Lipinski definition) is 7. The molecule has 0 unspecified atom stereocenters. The molecule has 0 aliphatic heterocycles. The second kappa shape index (κ2) is 15.2. The zero-order chi connectivity index (χ0) is 35.9. The van der Waals surface area contributed by atoms with Crippen LogP contribution >= 0.6 is 0 Å². The van der Waals surface area contributed by atoms with Crippen LogP contribution in [0.15, 0.2) is 146 Å². The van der Waals surface area contributed by atoms with Crippen molar-refractivity contribution in [3.63, 3.8) is 0 Å². The van der Waals surface area contributed by atoms with Crippen molar-refractivity contribution in [3.05, 3.63) is 185 Å². The molecule has 0 N–H and O–H groups in total. The fourth-order valence-electron chi connectivity index (χ4n) is 6.80. The van der Waals surface area contributed by atoms with Gasteiger partial charge in [-0.25, -0.2) is 4.79 Å². The number of methoxy groups -OCH3 is 1. The van der Waals surface area contributed by atoms with Crippen molar-refractivity contribution in [2.24, 2.45) is 0 Å². The molecule has 0 amide bonds. The highest BCUT2D eigenvalue weighted by Gasteiger charge is 2.41. The zero-order valence-corrected chi connectivity index (χ0v) is 29.4. The quantitative estimate of drug-likeness (QED) is 0.0937. The first kappa shape index (κ1) is 34.1. The van der Waals surface area contributed by atoms with E-state index in [1.54, 1.807) is 10.9 Å². The summed E-state index contributed by atoms with van der Waals surface area (Å²) in [6.07, 6.45) is 1.47. The van der Waals surface area contributed by atoms with Crippen LogP contribution < -0.4 is 4.74 Å². The van der Waals surface area contributed by atoms with Crippen molar-refractivity contribution in [1.82, 2.24) is 25.2 Å². The fourth-order valence-corrected chi connectivity index (χ4v) is 6.80. The van der Waals surface area contributed by atoms with E-state index in [4.69, 9.17) is 24.9 Å². The topological polar surface area (TPSA) is 92.0 Å². The van der Waals surface area contributed by atoms with Gasteiger partial charge in [0.05, 0.1) is 12.8 Å². The van der Waals surface area contributed by atoms with E-state index < -0.39 is 11.5 Å². The van der Waals surface area contributed by atoms with Gasteiger partial charge >= 0.3 is 5.97 Å². The van der Waals surface area contributed by atoms with E-state index in [1.807, 2.05) is 91.9 Å². The Hall–Kier alpha value is -6.41. The van der Waals surface area contributed by atoms with Gasteiger partial charge in [-0.05, 0) is 58.0 Å². The van der Waals surface area contributed by atoms with Crippen LogP contribution in [0.4, 0.5) is 0 Å². The Morgan fingerprint density at radius 2 is 1.31 bits per heavy atom. The number of rotatable bonds is 12. The average Bonchev–Trinajstić information content (AvgIpc) is 3.69. The van der Waals surface area contributed by atoms with Crippen LogP contribution in [0.25, 0.3) is 22.5 Å². The summed E-state index contributed by atoms with van der Waals surface area (Å²) in [5.41, 5.74) is 7.52. The van der Waals surface area contributed by atoms with Crippen molar-refractivity contribution in [2.75, 3.05) is 7.11 Å². The Morgan fingerprint density at radius 3 is 1.87 bits per heavy atom. The predicted octanol–water partition coefficient (Wildman–Crippen LogP) is 8.87. The maximum absolute atomic E-state index is 12.9. The van der Waals surface area contributed by atoms with Crippen LogP contribution in [0, 0.1) is 6.92 Å². The minimum Gasteiger partial charge on any atom is -0.488 e. The molecular weight excluding hydrogens is 647 g/mol. The Bertz CT molecular complexity index is 2180. The monoisotopic (exact) mass is 685 g/mol. The lowest BCUT2D eigenvalue weighted by Gasteiger charge is -2.34. The molecule has 2 heterocycles. The van der Waals surface area contributed by atoms with E-state index in [0.717, 1.165) is 51.1 Å². The van der Waals surface area contributed by atoms with Gasteiger partial charge in [0, 0.05) is 17.3 Å². The Kier molecular flexibility index (Phi) is 9.97. The summed E-state index contributed by atoms with van der Waals surface area (Å²) in [7, 11) is 1.37. The molecule has 0 aliphatic carbocycles. The van der Waals surface area contributed by atoms with Crippen molar-refractivity contribution in [3.8, 4) is 28.3 Å². The number of pyridine rings is 1. The lowest BCUT2D eigenvalue weighted by Crippen LogP contribution is -2.39. The predicted molar refractivity (Wildman–Crippen MR) is 202 cm³/mol. The first-order chi connectivity index (χ1) is 25.5. The minimum atomic E-state index is -0.914. The number of carbonyl (C=O) groups is 1. The van der Waals surface area contributed by atoms with Crippen molar-refractivity contribution >= 4 is 5.97 Å². The average molecular weight is 686 g/mol. The molecule has 2 aromatic heterocycles. The van der Waals surface area contributed by atoms with Gasteiger partial charge in [-0.1, -0.05) is 147 Å². The van der Waals surface area contributed by atoms with Crippen molar-refractivity contribution < 1.29 is 14.3 Å². The normalized spacial score (nSPS) is 11.3. The number of ether oxygens (including phenoxy) is 2. The molecule has 0 fully saturated rings. The Labute approximate surface area is 303 Å². The number of tetrazole rings is 1. The molecule has 0 bridgehead atoms. The number of hydrogen-bond donors (Lipinski definition) is 0. The highest BCUT2D eigenvalue weighted by atomic mass is 16.5. The van der Waals surface area contributed by atoms with Crippen LogP contribution in [0.5, 0.6) is 5.75 Å². The van der Waals surface area contributed by atoms with Crippen LogP contribution in [0.1, 0.15) is 57.3 Å². The van der Waals surface area contributed by atoms with Gasteiger partial charge in [-0.2, -0.15) is 0 Å². The molecule has 52 heavy (non-hydrogen) atoms. The van der Waals surface area contributed by atoms with Crippen LogP contribution in [-0.4, -0.2) is 38.3 Å². The number of carbonyl (C=O) groups excluding carboxylic acids is 1. The highest BCUT2D eigenvalue weighted by molar-refractivity contribution is 5.93. The maximum Gasteiger partial charge on any atom is 0.343 e. The first-order valence-electron chi connectivity index (χ1n) is 17.4. The molecular formula is C44H39N5O3. The highest BCUT2D eigenvalue weighted by Crippen LogP contribution is 2.40. The minimum absolute atomic E-state index is 0.192. The molecule has 0 saturated carbocycles. The molecule has 0 atom stereocenters. The third-order valence-corrected chi connectivity index (χ3v) is 9.15. The maximum atomic E-state index is 12.9. The molecule has 0 radical (unpaired) electrons. The van der Waals surface area contributed by atoms with Crippen LogP contribution in [-0.2, 0) is 23.3 Å². The molecule has 7 rings (SSSR count). The van der Waals surface area contributed by atoms with Gasteiger partial charge in [0.25, 0.3) is 0 Å². The molecule has 5 aromatic carbocycles. The Morgan fingerprint density at radius 1 is 0.731 bits per heavy atom. The fraction of sp³-hybridized carbons (Fsp3) is 0.159. The summed E-state index contributed by atoms with van der Waals surface area (Å²) < 4.78 is 11.5. The van der Waals surface area contributed by atoms with Crippen LogP contribution in [0.3, 0.4) is 0 Å². The molecule has 0 spiro atoms. The van der Waals surface area contributed by atoms with E-state index in [0.29, 0.717) is 29.3 Å². The van der Waals surface area contributed by atoms with E-state index in [2.05, 4.69) is 66.5 Å². The van der Waals surface area contributed by atoms with Gasteiger partial charge in [0.15, 0.2) is 5.54 Å². The number of aryl methyl sites for hydroxylation is 2. The SMILES string of the molecule is CCCc1nc(C)cc(OCc2ccc(-c3ccccc3)c(-c3nnn(C(c4ccccc4)(c4ccccc4)c4ccccc4)n3)c2)c1C(=O)OC. The van der Waals surface area contributed by atoms with Gasteiger partial charge < -0.3 is 9.47 Å². The van der Waals surface area contributed by atoms with E-state index in [1.165, 1.54) is 7.11 Å². The first-order valence-corrected chi connectivity index (χ1v) is 17.4. The van der Waals surface area contributed by atoms with Crippen molar-refractivity contribution in [2.45, 2.75) is 38.8 Å². The van der Waals surface area contributed by atoms with Crippen LogP contribution in [0.2, 0.25) is 0 Å². The van der Waals surface area contributed by atoms with Gasteiger partial charge in [0.1, 0.15) is 17.9 Å². The second-order valence-electron chi connectivity index (χ2n) is 12.6. The van der Waals surface area contributed by atoms with E-state index in [9.17, 15) is 4.79 Å². The number of esters is 1. The van der Waals surface area contributed by atoms with E-state index in [-0.39, 0.29) is 6.61 Å². The summed E-state index contributed by atoms with van der Waals surface area (Å²) in [5, 5.41) is 14.8. The number of benzene rings is 5. The van der Waals surface area contributed by atoms with Gasteiger partial charge in [-0.15, -0.1) is 15.0 Å². The third-order valence-electron chi connectivity index (χ3n) is 9.15. The number of nitrogens with zero attached hydrogens (tertiary/aromatic N) is 5. The molecule has 258 valence electrons. The Balaban J connectivity index is 1.36. The zero-order valence-electron chi connectivity index (χ0n) is 29.4. The summed E-state index contributed by atoms with van der Waals surface area (Å²) in [5.74, 6) is 0.442. The summed E-state index contributed by atoms with van der Waals surface area (Å²) in [4.78, 5) is 19.3.